The fourth-order valence-electron chi connectivity index (χ4n) is 0.912. The van der Waals surface area contributed by atoms with Crippen LogP contribution < -0.4 is 4.74 Å². The lowest BCUT2D eigenvalue weighted by atomic mass is 10.2. The Morgan fingerprint density at radius 3 is 3.00 bits per heavy atom. The first-order valence-electron chi connectivity index (χ1n) is 3.57. The number of ether oxygens (including phenoxy) is 1. The average molecular weight is 169 g/mol. The summed E-state index contributed by atoms with van der Waals surface area (Å²) >= 11 is 0. The van der Waals surface area contributed by atoms with Crippen LogP contribution in [0.1, 0.15) is 11.8 Å². The Balaban J connectivity index is 2.96. The Morgan fingerprint density at radius 1 is 1.67 bits per heavy atom. The van der Waals surface area contributed by atoms with Gasteiger partial charge in [0.1, 0.15) is 17.5 Å². The molecule has 4 heteroatoms. The zero-order valence-electron chi connectivity index (χ0n) is 6.77. The van der Waals surface area contributed by atoms with E-state index in [1.807, 2.05) is 0 Å². The van der Waals surface area contributed by atoms with E-state index in [-0.39, 0.29) is 6.61 Å². The maximum absolute atomic E-state index is 9.25. The monoisotopic (exact) mass is 169 g/mol. The summed E-state index contributed by atoms with van der Waals surface area (Å²) < 4.78 is 4.93. The van der Waals surface area contributed by atoms with Gasteiger partial charge in [0, 0.05) is 6.20 Å². The molecular weight excluding hydrogens is 158 g/mol. The highest BCUT2D eigenvalue weighted by atomic mass is 16.5. The molecule has 1 atom stereocenters. The van der Waals surface area contributed by atoms with E-state index in [1.165, 1.54) is 13.3 Å². The molecular formula is C8H11NO3. The van der Waals surface area contributed by atoms with Gasteiger partial charge in [0.2, 0.25) is 0 Å². The van der Waals surface area contributed by atoms with E-state index in [2.05, 4.69) is 4.98 Å². The van der Waals surface area contributed by atoms with Crippen LogP contribution in [0.3, 0.4) is 0 Å². The fourth-order valence-corrected chi connectivity index (χ4v) is 0.912. The third-order valence-electron chi connectivity index (χ3n) is 1.51. The second-order valence-corrected chi connectivity index (χ2v) is 2.29. The zero-order chi connectivity index (χ0) is 8.97. The summed E-state index contributed by atoms with van der Waals surface area (Å²) in [5, 5.41) is 17.9. The summed E-state index contributed by atoms with van der Waals surface area (Å²) in [5.74, 6) is 0.485. The first-order chi connectivity index (χ1) is 5.79. The quantitative estimate of drug-likeness (QED) is 0.674. The first kappa shape index (κ1) is 8.96. The summed E-state index contributed by atoms with van der Waals surface area (Å²) in [5.41, 5.74) is 0.363. The van der Waals surface area contributed by atoms with Crippen molar-refractivity contribution < 1.29 is 14.9 Å². The normalized spacial score (nSPS) is 12.6. The molecule has 1 heterocycles. The van der Waals surface area contributed by atoms with Crippen molar-refractivity contribution in [2.24, 2.45) is 0 Å². The standard InChI is InChI=1S/C8H11NO3/c1-12-7-3-2-4-9-8(7)6(11)5-10/h2-4,6,10-11H,5H2,1H3. The molecule has 0 aliphatic rings. The molecule has 12 heavy (non-hydrogen) atoms. The van der Waals surface area contributed by atoms with Crippen molar-refractivity contribution in [2.45, 2.75) is 6.10 Å². The molecule has 0 fully saturated rings. The van der Waals surface area contributed by atoms with Crippen LogP contribution in [0, 0.1) is 0 Å². The van der Waals surface area contributed by atoms with Crippen LogP contribution in [-0.2, 0) is 0 Å². The highest BCUT2D eigenvalue weighted by molar-refractivity contribution is 5.28. The van der Waals surface area contributed by atoms with Crippen molar-refractivity contribution in [1.82, 2.24) is 4.98 Å². The van der Waals surface area contributed by atoms with Gasteiger partial charge in [-0.2, -0.15) is 0 Å². The van der Waals surface area contributed by atoms with Crippen LogP contribution in [0.5, 0.6) is 5.75 Å². The summed E-state index contributed by atoms with van der Waals surface area (Å²) in [7, 11) is 1.49. The molecule has 1 aromatic heterocycles. The molecule has 0 spiro atoms. The van der Waals surface area contributed by atoms with Crippen molar-refractivity contribution in [3.05, 3.63) is 24.0 Å². The van der Waals surface area contributed by atoms with Crippen molar-refractivity contribution in [3.63, 3.8) is 0 Å². The van der Waals surface area contributed by atoms with E-state index in [4.69, 9.17) is 9.84 Å². The van der Waals surface area contributed by atoms with Crippen LogP contribution in [0.2, 0.25) is 0 Å². The summed E-state index contributed by atoms with van der Waals surface area (Å²) in [6, 6.07) is 3.38. The van der Waals surface area contributed by atoms with E-state index in [9.17, 15) is 5.11 Å². The molecule has 1 unspecified atom stereocenters. The largest absolute Gasteiger partial charge is 0.495 e. The second kappa shape index (κ2) is 4.04. The van der Waals surface area contributed by atoms with Crippen LogP contribution in [0.15, 0.2) is 18.3 Å². The first-order valence-corrected chi connectivity index (χ1v) is 3.57. The Morgan fingerprint density at radius 2 is 2.42 bits per heavy atom. The van der Waals surface area contributed by atoms with Crippen LogP contribution in [0.4, 0.5) is 0 Å². The topological polar surface area (TPSA) is 62.6 Å². The molecule has 0 aliphatic heterocycles. The molecule has 1 aromatic rings. The number of hydrogen-bond donors (Lipinski definition) is 2. The summed E-state index contributed by atoms with van der Waals surface area (Å²) in [6.07, 6.45) is 0.567. The Hall–Kier alpha value is -1.13. The third-order valence-corrected chi connectivity index (χ3v) is 1.51. The predicted molar refractivity (Wildman–Crippen MR) is 42.8 cm³/mol. The molecule has 2 N–H and O–H groups in total. The molecule has 0 aliphatic carbocycles. The van der Waals surface area contributed by atoms with Gasteiger partial charge in [0.25, 0.3) is 0 Å². The van der Waals surface area contributed by atoms with Gasteiger partial charge < -0.3 is 14.9 Å². The third kappa shape index (κ3) is 1.72. The van der Waals surface area contributed by atoms with E-state index < -0.39 is 6.10 Å². The molecule has 0 saturated heterocycles. The Bertz CT molecular complexity index is 252. The Kier molecular flexibility index (Phi) is 3.01. The molecule has 4 nitrogen and oxygen atoms in total. The van der Waals surface area contributed by atoms with Gasteiger partial charge in [-0.15, -0.1) is 0 Å². The number of rotatable bonds is 3. The van der Waals surface area contributed by atoms with Gasteiger partial charge >= 0.3 is 0 Å². The lowest BCUT2D eigenvalue weighted by molar-refractivity contribution is 0.0898. The molecule has 0 saturated carbocycles. The van der Waals surface area contributed by atoms with Crippen LogP contribution >= 0.6 is 0 Å². The molecule has 66 valence electrons. The van der Waals surface area contributed by atoms with E-state index in [1.54, 1.807) is 12.1 Å². The maximum atomic E-state index is 9.25. The van der Waals surface area contributed by atoms with Crippen molar-refractivity contribution in [3.8, 4) is 5.75 Å². The summed E-state index contributed by atoms with van der Waals surface area (Å²) in [6.45, 7) is -0.354. The summed E-state index contributed by atoms with van der Waals surface area (Å²) in [4.78, 5) is 3.89. The lowest BCUT2D eigenvalue weighted by Gasteiger charge is -2.10. The van der Waals surface area contributed by atoms with Gasteiger partial charge in [-0.1, -0.05) is 0 Å². The van der Waals surface area contributed by atoms with E-state index in [0.717, 1.165) is 0 Å². The number of aliphatic hydroxyl groups is 2. The molecule has 0 bridgehead atoms. The van der Waals surface area contributed by atoms with Gasteiger partial charge in [0.15, 0.2) is 0 Å². The fraction of sp³-hybridized carbons (Fsp3) is 0.375. The molecule has 1 rings (SSSR count). The minimum atomic E-state index is -0.971. The lowest BCUT2D eigenvalue weighted by Crippen LogP contribution is -2.06. The number of hydrogen-bond acceptors (Lipinski definition) is 4. The van der Waals surface area contributed by atoms with Crippen LogP contribution in [-0.4, -0.2) is 28.9 Å². The minimum absolute atomic E-state index is 0.354. The Labute approximate surface area is 70.4 Å². The highest BCUT2D eigenvalue weighted by Crippen LogP contribution is 2.21. The van der Waals surface area contributed by atoms with Crippen molar-refractivity contribution in [2.75, 3.05) is 13.7 Å². The van der Waals surface area contributed by atoms with Crippen molar-refractivity contribution >= 4 is 0 Å². The number of aliphatic hydroxyl groups excluding tert-OH is 2. The molecule has 0 aromatic carbocycles. The van der Waals surface area contributed by atoms with E-state index >= 15 is 0 Å². The predicted octanol–water partition coefficient (Wildman–Crippen LogP) is 0.116. The average Bonchev–Trinajstić information content (AvgIpc) is 2.16. The molecule has 0 amide bonds. The zero-order valence-corrected chi connectivity index (χ0v) is 6.77. The number of methoxy groups -OCH3 is 1. The van der Waals surface area contributed by atoms with Crippen LogP contribution in [0.25, 0.3) is 0 Å². The van der Waals surface area contributed by atoms with Crippen molar-refractivity contribution in [1.29, 1.82) is 0 Å². The number of nitrogens with zero attached hydrogens (tertiary/aromatic N) is 1. The maximum Gasteiger partial charge on any atom is 0.143 e. The van der Waals surface area contributed by atoms with Gasteiger partial charge in [-0.05, 0) is 12.1 Å². The second-order valence-electron chi connectivity index (χ2n) is 2.29. The molecule has 0 radical (unpaired) electrons. The SMILES string of the molecule is COc1cccnc1C(O)CO. The smallest absolute Gasteiger partial charge is 0.143 e. The highest BCUT2D eigenvalue weighted by Gasteiger charge is 2.12. The minimum Gasteiger partial charge on any atom is -0.495 e. The number of pyridine rings is 1. The number of aromatic nitrogens is 1. The van der Waals surface area contributed by atoms with Gasteiger partial charge in [-0.3, -0.25) is 4.98 Å². The van der Waals surface area contributed by atoms with E-state index in [0.29, 0.717) is 11.4 Å². The van der Waals surface area contributed by atoms with Gasteiger partial charge in [-0.25, -0.2) is 0 Å². The van der Waals surface area contributed by atoms with Gasteiger partial charge in [0.05, 0.1) is 13.7 Å².